The van der Waals surface area contributed by atoms with Crippen molar-refractivity contribution in [1.29, 1.82) is 0 Å². The first-order chi connectivity index (χ1) is 15.1. The number of hydrogen-bond donors (Lipinski definition) is 2. The molecule has 8 nitrogen and oxygen atoms in total. The Hall–Kier alpha value is -3.39. The molecule has 0 spiro atoms. The number of nitrogens with two attached hydrogens (primary N) is 1. The van der Waals surface area contributed by atoms with E-state index in [0.717, 1.165) is 52.8 Å². The zero-order valence-electron chi connectivity index (χ0n) is 17.6. The number of nitrogens with one attached hydrogen (secondary N) is 1. The van der Waals surface area contributed by atoms with Crippen LogP contribution < -0.4 is 10.5 Å². The lowest BCUT2D eigenvalue weighted by Gasteiger charge is -2.26. The molecule has 5 rings (SSSR count). The lowest BCUT2D eigenvalue weighted by molar-refractivity contribution is 0.0996. The van der Waals surface area contributed by atoms with Crippen LogP contribution in [0.15, 0.2) is 36.7 Å². The first-order valence-electron chi connectivity index (χ1n) is 10.7. The Bertz CT molecular complexity index is 1250. The number of amides is 1. The molecule has 0 aliphatic carbocycles. The molecule has 160 valence electrons. The number of aromatic amines is 1. The predicted octanol–water partition coefficient (Wildman–Crippen LogP) is 3.08. The van der Waals surface area contributed by atoms with Gasteiger partial charge in [0, 0.05) is 41.6 Å². The summed E-state index contributed by atoms with van der Waals surface area (Å²) in [7, 11) is 2.01. The molecule has 1 amide bonds. The molecular formula is C23H26N6O2. The third kappa shape index (κ3) is 3.74. The third-order valence-electron chi connectivity index (χ3n) is 6.05. The first-order valence-corrected chi connectivity index (χ1v) is 10.7. The second kappa shape index (κ2) is 8.03. The molecule has 4 heterocycles. The summed E-state index contributed by atoms with van der Waals surface area (Å²) in [5.41, 5.74) is 9.18. The Morgan fingerprint density at radius 3 is 2.81 bits per heavy atom. The summed E-state index contributed by atoms with van der Waals surface area (Å²) < 4.78 is 8.16. The molecule has 0 bridgehead atoms. The van der Waals surface area contributed by atoms with Crippen LogP contribution in [0.5, 0.6) is 5.75 Å². The average molecular weight is 419 g/mol. The molecule has 1 aliphatic rings. The van der Waals surface area contributed by atoms with Gasteiger partial charge in [0.15, 0.2) is 5.65 Å². The van der Waals surface area contributed by atoms with E-state index in [-0.39, 0.29) is 5.69 Å². The smallest absolute Gasteiger partial charge is 0.267 e. The Labute approximate surface area is 180 Å². The Balaban J connectivity index is 1.49. The molecule has 3 N–H and O–H groups in total. The minimum atomic E-state index is -0.570. The number of rotatable bonds is 6. The van der Waals surface area contributed by atoms with E-state index < -0.39 is 5.91 Å². The number of benzene rings is 1. The standard InChI is InChI=1S/C23H26N6O2/c1-28-14-19(16-12-20(22(24)30)26-23-18(16)13-25-27-23)17-11-15(5-6-21(17)28)31-10-9-29-7-3-2-4-8-29/h5-6,11-14H,2-4,7-10H2,1H3,(H2,24,30)(H,25,26,27). The maximum Gasteiger partial charge on any atom is 0.267 e. The fraction of sp³-hybridized carbons (Fsp3) is 0.348. The van der Waals surface area contributed by atoms with Crippen molar-refractivity contribution in [1.82, 2.24) is 24.6 Å². The Kier molecular flexibility index (Phi) is 5.07. The summed E-state index contributed by atoms with van der Waals surface area (Å²) in [5, 5.41) is 8.83. The zero-order valence-corrected chi connectivity index (χ0v) is 17.6. The minimum Gasteiger partial charge on any atom is -0.492 e. The summed E-state index contributed by atoms with van der Waals surface area (Å²) in [4.78, 5) is 18.6. The van der Waals surface area contributed by atoms with Crippen molar-refractivity contribution in [3.05, 3.63) is 42.4 Å². The number of fused-ring (bicyclic) bond motifs is 2. The van der Waals surface area contributed by atoms with Crippen LogP contribution in [0.1, 0.15) is 29.8 Å². The number of likely N-dealkylation sites (tertiary alicyclic amines) is 1. The SMILES string of the molecule is Cn1cc(-c2cc(C(N)=O)nc3[nH]ncc23)c2cc(OCCN3CCCCC3)ccc21. The third-order valence-corrected chi connectivity index (χ3v) is 6.05. The van der Waals surface area contributed by atoms with E-state index in [1.54, 1.807) is 12.3 Å². The number of pyridine rings is 1. The van der Waals surface area contributed by atoms with Gasteiger partial charge >= 0.3 is 0 Å². The van der Waals surface area contributed by atoms with Gasteiger partial charge in [-0.05, 0) is 55.8 Å². The van der Waals surface area contributed by atoms with Crippen LogP contribution >= 0.6 is 0 Å². The monoisotopic (exact) mass is 418 g/mol. The summed E-state index contributed by atoms with van der Waals surface area (Å²) in [6, 6.07) is 7.88. The van der Waals surface area contributed by atoms with Crippen molar-refractivity contribution in [3.63, 3.8) is 0 Å². The Morgan fingerprint density at radius 2 is 2.00 bits per heavy atom. The highest BCUT2D eigenvalue weighted by molar-refractivity contribution is 6.06. The molecule has 31 heavy (non-hydrogen) atoms. The molecule has 1 fully saturated rings. The summed E-state index contributed by atoms with van der Waals surface area (Å²) in [5.74, 6) is 0.268. The number of piperidine rings is 1. The highest BCUT2D eigenvalue weighted by atomic mass is 16.5. The van der Waals surface area contributed by atoms with Crippen molar-refractivity contribution < 1.29 is 9.53 Å². The molecule has 1 saturated heterocycles. The number of carbonyl (C=O) groups is 1. The number of aromatic nitrogens is 4. The molecule has 0 unspecified atom stereocenters. The molecular weight excluding hydrogens is 392 g/mol. The molecule has 1 aromatic carbocycles. The van der Waals surface area contributed by atoms with Gasteiger partial charge in [0.25, 0.3) is 5.91 Å². The number of nitrogens with zero attached hydrogens (tertiary/aromatic N) is 4. The number of primary amides is 1. The van der Waals surface area contributed by atoms with Crippen LogP contribution in [-0.2, 0) is 7.05 Å². The van der Waals surface area contributed by atoms with Gasteiger partial charge in [-0.2, -0.15) is 5.10 Å². The highest BCUT2D eigenvalue weighted by Crippen LogP contribution is 2.36. The maximum absolute atomic E-state index is 11.8. The van der Waals surface area contributed by atoms with Gasteiger partial charge in [-0.3, -0.25) is 14.8 Å². The van der Waals surface area contributed by atoms with Gasteiger partial charge in [-0.25, -0.2) is 4.98 Å². The largest absolute Gasteiger partial charge is 0.492 e. The van der Waals surface area contributed by atoms with Crippen LogP contribution in [0.4, 0.5) is 0 Å². The van der Waals surface area contributed by atoms with Gasteiger partial charge in [-0.1, -0.05) is 6.42 Å². The highest BCUT2D eigenvalue weighted by Gasteiger charge is 2.17. The van der Waals surface area contributed by atoms with Crippen molar-refractivity contribution in [2.45, 2.75) is 19.3 Å². The second-order valence-electron chi connectivity index (χ2n) is 8.13. The van der Waals surface area contributed by atoms with E-state index in [1.165, 1.54) is 19.3 Å². The van der Waals surface area contributed by atoms with E-state index in [9.17, 15) is 4.79 Å². The fourth-order valence-corrected chi connectivity index (χ4v) is 4.43. The summed E-state index contributed by atoms with van der Waals surface area (Å²) >= 11 is 0. The quantitative estimate of drug-likeness (QED) is 0.501. The Morgan fingerprint density at radius 1 is 1.16 bits per heavy atom. The van der Waals surface area contributed by atoms with E-state index >= 15 is 0 Å². The summed E-state index contributed by atoms with van der Waals surface area (Å²) in [6.45, 7) is 3.94. The summed E-state index contributed by atoms with van der Waals surface area (Å²) in [6.07, 6.45) is 7.66. The van der Waals surface area contributed by atoms with Crippen LogP contribution in [-0.4, -0.2) is 56.8 Å². The van der Waals surface area contributed by atoms with Gasteiger partial charge in [0.2, 0.25) is 0 Å². The van der Waals surface area contributed by atoms with Crippen LogP contribution in [0, 0.1) is 0 Å². The molecule has 3 aromatic heterocycles. The predicted molar refractivity (Wildman–Crippen MR) is 120 cm³/mol. The lowest BCUT2D eigenvalue weighted by Crippen LogP contribution is -2.33. The number of H-pyrrole nitrogens is 1. The lowest BCUT2D eigenvalue weighted by atomic mass is 10.0. The van der Waals surface area contributed by atoms with Crippen molar-refractivity contribution in [2.24, 2.45) is 12.8 Å². The van der Waals surface area contributed by atoms with E-state index in [2.05, 4.69) is 43.0 Å². The molecule has 0 radical (unpaired) electrons. The topological polar surface area (TPSA) is 102 Å². The zero-order chi connectivity index (χ0) is 21.4. The van der Waals surface area contributed by atoms with Crippen molar-refractivity contribution >= 4 is 27.8 Å². The van der Waals surface area contributed by atoms with E-state index in [1.807, 2.05) is 13.1 Å². The molecule has 8 heteroatoms. The number of hydrogen-bond acceptors (Lipinski definition) is 5. The van der Waals surface area contributed by atoms with E-state index in [4.69, 9.17) is 10.5 Å². The molecule has 4 aromatic rings. The normalized spacial score (nSPS) is 15.0. The fourth-order valence-electron chi connectivity index (χ4n) is 4.43. The minimum absolute atomic E-state index is 0.206. The van der Waals surface area contributed by atoms with Gasteiger partial charge < -0.3 is 15.0 Å². The molecule has 0 atom stereocenters. The molecule has 1 aliphatic heterocycles. The number of carbonyl (C=O) groups excluding carboxylic acids is 1. The van der Waals surface area contributed by atoms with Crippen LogP contribution in [0.2, 0.25) is 0 Å². The van der Waals surface area contributed by atoms with Crippen molar-refractivity contribution in [2.75, 3.05) is 26.2 Å². The van der Waals surface area contributed by atoms with Crippen LogP contribution in [0.3, 0.4) is 0 Å². The number of ether oxygens (including phenoxy) is 1. The van der Waals surface area contributed by atoms with Gasteiger partial charge in [0.1, 0.15) is 18.1 Å². The molecule has 0 saturated carbocycles. The second-order valence-corrected chi connectivity index (χ2v) is 8.13. The van der Waals surface area contributed by atoms with E-state index in [0.29, 0.717) is 12.3 Å². The maximum atomic E-state index is 11.8. The van der Waals surface area contributed by atoms with Crippen LogP contribution in [0.25, 0.3) is 33.1 Å². The first kappa shape index (κ1) is 19.6. The number of aryl methyl sites for hydroxylation is 1. The average Bonchev–Trinajstić information content (AvgIpc) is 3.38. The van der Waals surface area contributed by atoms with Gasteiger partial charge in [-0.15, -0.1) is 0 Å². The van der Waals surface area contributed by atoms with Gasteiger partial charge in [0.05, 0.1) is 6.20 Å². The van der Waals surface area contributed by atoms with Crippen molar-refractivity contribution in [3.8, 4) is 16.9 Å².